The number of ether oxygens (including phenoxy) is 1. The summed E-state index contributed by atoms with van der Waals surface area (Å²) in [5, 5.41) is 11.5. The highest BCUT2D eigenvalue weighted by Crippen LogP contribution is 2.30. The first-order chi connectivity index (χ1) is 10.0. The van der Waals surface area contributed by atoms with Crippen LogP contribution in [0.3, 0.4) is 0 Å². The fourth-order valence-corrected chi connectivity index (χ4v) is 2.08. The smallest absolute Gasteiger partial charge is 0.311 e. The van der Waals surface area contributed by atoms with E-state index < -0.39 is 23.2 Å². The van der Waals surface area contributed by atoms with E-state index in [2.05, 4.69) is 15.9 Å². The first-order valence-electron chi connectivity index (χ1n) is 5.92. The van der Waals surface area contributed by atoms with Crippen molar-refractivity contribution >= 4 is 21.6 Å². The number of nitro benzene ring substituents is 1. The Morgan fingerprint density at radius 2 is 1.86 bits per heavy atom. The Morgan fingerprint density at radius 3 is 2.43 bits per heavy atom. The molecule has 7 heteroatoms. The SMILES string of the molecule is O=[N+]([O-])c1cc(CBr)ccc1OCc1c(F)cccc1F. The zero-order valence-electron chi connectivity index (χ0n) is 10.7. The van der Waals surface area contributed by atoms with Crippen LogP contribution < -0.4 is 4.74 Å². The zero-order valence-corrected chi connectivity index (χ0v) is 12.3. The lowest BCUT2D eigenvalue weighted by atomic mass is 10.2. The van der Waals surface area contributed by atoms with Crippen molar-refractivity contribution in [3.63, 3.8) is 0 Å². The molecule has 0 heterocycles. The van der Waals surface area contributed by atoms with Gasteiger partial charge in [0, 0.05) is 11.4 Å². The Morgan fingerprint density at radius 1 is 1.19 bits per heavy atom. The number of rotatable bonds is 5. The molecule has 0 spiro atoms. The summed E-state index contributed by atoms with van der Waals surface area (Å²) in [7, 11) is 0. The van der Waals surface area contributed by atoms with Gasteiger partial charge in [-0.3, -0.25) is 10.1 Å². The molecule has 0 N–H and O–H groups in total. The Bertz CT molecular complexity index is 659. The van der Waals surface area contributed by atoms with E-state index in [-0.39, 0.29) is 17.0 Å². The van der Waals surface area contributed by atoms with E-state index in [1.165, 1.54) is 18.2 Å². The molecule has 0 aliphatic carbocycles. The van der Waals surface area contributed by atoms with Gasteiger partial charge in [0.2, 0.25) is 0 Å². The van der Waals surface area contributed by atoms with Gasteiger partial charge in [-0.15, -0.1) is 0 Å². The largest absolute Gasteiger partial charge is 0.482 e. The van der Waals surface area contributed by atoms with Crippen LogP contribution in [-0.2, 0) is 11.9 Å². The van der Waals surface area contributed by atoms with Crippen molar-refractivity contribution in [2.45, 2.75) is 11.9 Å². The van der Waals surface area contributed by atoms with E-state index in [0.29, 0.717) is 10.9 Å². The van der Waals surface area contributed by atoms with Crippen molar-refractivity contribution in [3.8, 4) is 5.75 Å². The second kappa shape index (κ2) is 6.62. The van der Waals surface area contributed by atoms with Crippen LogP contribution in [-0.4, -0.2) is 4.92 Å². The molecule has 0 fully saturated rings. The van der Waals surface area contributed by atoms with Gasteiger partial charge < -0.3 is 4.74 Å². The third-order valence-electron chi connectivity index (χ3n) is 2.81. The first-order valence-corrected chi connectivity index (χ1v) is 7.04. The zero-order chi connectivity index (χ0) is 15.4. The molecular formula is C14H10BrF2NO3. The number of hydrogen-bond donors (Lipinski definition) is 0. The topological polar surface area (TPSA) is 52.4 Å². The predicted octanol–water partition coefficient (Wildman–Crippen LogP) is 4.35. The Labute approximate surface area is 127 Å². The minimum atomic E-state index is -0.755. The predicted molar refractivity (Wildman–Crippen MR) is 76.4 cm³/mol. The fraction of sp³-hybridized carbons (Fsp3) is 0.143. The summed E-state index contributed by atoms with van der Waals surface area (Å²) in [6, 6.07) is 7.83. The molecule has 0 bridgehead atoms. The highest BCUT2D eigenvalue weighted by Gasteiger charge is 2.17. The molecular weight excluding hydrogens is 348 g/mol. The third-order valence-corrected chi connectivity index (χ3v) is 3.46. The maximum atomic E-state index is 13.5. The highest BCUT2D eigenvalue weighted by atomic mass is 79.9. The quantitative estimate of drug-likeness (QED) is 0.454. The van der Waals surface area contributed by atoms with Gasteiger partial charge in [-0.1, -0.05) is 28.1 Å². The lowest BCUT2D eigenvalue weighted by molar-refractivity contribution is -0.386. The third kappa shape index (κ3) is 3.55. The summed E-state index contributed by atoms with van der Waals surface area (Å²) >= 11 is 3.20. The van der Waals surface area contributed by atoms with Gasteiger partial charge in [0.15, 0.2) is 5.75 Å². The normalized spacial score (nSPS) is 10.4. The van der Waals surface area contributed by atoms with Crippen LogP contribution >= 0.6 is 15.9 Å². The fourth-order valence-electron chi connectivity index (χ4n) is 1.73. The van der Waals surface area contributed by atoms with Crippen molar-refractivity contribution in [2.75, 3.05) is 0 Å². The first kappa shape index (κ1) is 15.4. The molecule has 0 saturated carbocycles. The van der Waals surface area contributed by atoms with Crippen LogP contribution in [0.4, 0.5) is 14.5 Å². The van der Waals surface area contributed by atoms with Crippen LogP contribution in [0.15, 0.2) is 36.4 Å². The summed E-state index contributed by atoms with van der Waals surface area (Å²) in [5.74, 6) is -1.54. The molecule has 0 atom stereocenters. The summed E-state index contributed by atoms with van der Waals surface area (Å²) in [6.07, 6.45) is 0. The molecule has 0 unspecified atom stereocenters. The molecule has 0 radical (unpaired) electrons. The summed E-state index contributed by atoms with van der Waals surface area (Å²) in [6.45, 7) is -0.424. The van der Waals surface area contributed by atoms with Gasteiger partial charge in [-0.05, 0) is 23.8 Å². The monoisotopic (exact) mass is 357 g/mol. The molecule has 21 heavy (non-hydrogen) atoms. The Hall–Kier alpha value is -2.02. The highest BCUT2D eigenvalue weighted by molar-refractivity contribution is 9.08. The Kier molecular flexibility index (Phi) is 4.85. The maximum Gasteiger partial charge on any atom is 0.311 e. The molecule has 110 valence electrons. The molecule has 4 nitrogen and oxygen atoms in total. The maximum absolute atomic E-state index is 13.5. The number of nitrogens with zero attached hydrogens (tertiary/aromatic N) is 1. The van der Waals surface area contributed by atoms with E-state index in [1.807, 2.05) is 0 Å². The molecule has 0 aliphatic heterocycles. The second-order valence-corrected chi connectivity index (χ2v) is 4.74. The average Bonchev–Trinajstić information content (AvgIpc) is 2.46. The van der Waals surface area contributed by atoms with E-state index >= 15 is 0 Å². The lowest BCUT2D eigenvalue weighted by Gasteiger charge is -2.09. The van der Waals surface area contributed by atoms with Crippen molar-refractivity contribution in [3.05, 3.63) is 69.3 Å². The minimum Gasteiger partial charge on any atom is -0.482 e. The van der Waals surface area contributed by atoms with Crippen LogP contribution in [0.1, 0.15) is 11.1 Å². The summed E-state index contributed by atoms with van der Waals surface area (Å²) < 4.78 is 32.2. The minimum absolute atomic E-state index is 0.0349. The molecule has 2 aromatic carbocycles. The van der Waals surface area contributed by atoms with E-state index in [1.54, 1.807) is 6.07 Å². The van der Waals surface area contributed by atoms with Crippen molar-refractivity contribution in [2.24, 2.45) is 0 Å². The van der Waals surface area contributed by atoms with Crippen molar-refractivity contribution in [1.29, 1.82) is 0 Å². The summed E-state index contributed by atoms with van der Waals surface area (Å²) in [5.41, 5.74) is 0.186. The van der Waals surface area contributed by atoms with Crippen LogP contribution in [0.5, 0.6) is 5.75 Å². The number of halogens is 3. The van der Waals surface area contributed by atoms with Gasteiger partial charge in [0.1, 0.15) is 18.2 Å². The standard InChI is InChI=1S/C14H10BrF2NO3/c15-7-9-4-5-14(13(6-9)18(19)20)21-8-10-11(16)2-1-3-12(10)17/h1-6H,7-8H2. The average molecular weight is 358 g/mol. The number of hydrogen-bond acceptors (Lipinski definition) is 3. The number of nitro groups is 1. The van der Waals surface area contributed by atoms with E-state index in [9.17, 15) is 18.9 Å². The molecule has 0 amide bonds. The molecule has 0 aromatic heterocycles. The Balaban J connectivity index is 2.26. The van der Waals surface area contributed by atoms with Crippen LogP contribution in [0.25, 0.3) is 0 Å². The van der Waals surface area contributed by atoms with Crippen molar-refractivity contribution in [1.82, 2.24) is 0 Å². The number of alkyl halides is 1. The van der Waals surface area contributed by atoms with Gasteiger partial charge in [0.05, 0.1) is 10.5 Å². The van der Waals surface area contributed by atoms with Gasteiger partial charge in [-0.25, -0.2) is 8.78 Å². The van der Waals surface area contributed by atoms with Gasteiger partial charge in [0.25, 0.3) is 0 Å². The second-order valence-electron chi connectivity index (χ2n) is 4.18. The molecule has 2 rings (SSSR count). The van der Waals surface area contributed by atoms with Crippen LogP contribution in [0.2, 0.25) is 0 Å². The summed E-state index contributed by atoms with van der Waals surface area (Å²) in [4.78, 5) is 10.4. The van der Waals surface area contributed by atoms with E-state index in [4.69, 9.17) is 4.74 Å². The van der Waals surface area contributed by atoms with Crippen molar-refractivity contribution < 1.29 is 18.4 Å². The molecule has 0 saturated heterocycles. The number of benzene rings is 2. The molecule has 0 aliphatic rings. The van der Waals surface area contributed by atoms with Crippen LogP contribution in [0, 0.1) is 21.7 Å². The lowest BCUT2D eigenvalue weighted by Crippen LogP contribution is -2.03. The molecule has 2 aromatic rings. The van der Waals surface area contributed by atoms with Gasteiger partial charge in [-0.2, -0.15) is 0 Å². The van der Waals surface area contributed by atoms with Gasteiger partial charge >= 0.3 is 5.69 Å². The van der Waals surface area contributed by atoms with E-state index in [0.717, 1.165) is 12.1 Å².